The summed E-state index contributed by atoms with van der Waals surface area (Å²) in [5.41, 5.74) is 2.55. The van der Waals surface area contributed by atoms with Gasteiger partial charge in [-0.25, -0.2) is 0 Å². The minimum atomic E-state index is 0.617. The molecule has 0 N–H and O–H groups in total. The first-order valence-corrected chi connectivity index (χ1v) is 6.25. The molecule has 1 aromatic carbocycles. The van der Waals surface area contributed by atoms with E-state index >= 15 is 0 Å². The van der Waals surface area contributed by atoms with Crippen LogP contribution in [0.5, 0.6) is 0 Å². The molecule has 0 aromatic heterocycles. The number of hydrogen-bond acceptors (Lipinski definition) is 3. The molecule has 0 bridgehead atoms. The maximum atomic E-state index is 10.4. The number of likely N-dealkylation sites (N-methyl/N-ethyl adjacent to an activating group) is 1. The van der Waals surface area contributed by atoms with Crippen molar-refractivity contribution in [3.05, 3.63) is 29.8 Å². The Kier molecular flexibility index (Phi) is 4.15. The van der Waals surface area contributed by atoms with Gasteiger partial charge < -0.3 is 14.6 Å². The van der Waals surface area contributed by atoms with Crippen molar-refractivity contribution < 1.29 is 4.79 Å². The zero-order valence-electron chi connectivity index (χ0n) is 10.4. The van der Waals surface area contributed by atoms with Crippen LogP contribution >= 0.6 is 0 Å². The quantitative estimate of drug-likeness (QED) is 0.736. The molecule has 1 aromatic rings. The van der Waals surface area contributed by atoms with Gasteiger partial charge in [0.25, 0.3) is 0 Å². The highest BCUT2D eigenvalue weighted by atomic mass is 16.1. The summed E-state index contributed by atoms with van der Waals surface area (Å²) in [6.45, 7) is 4.43. The van der Waals surface area contributed by atoms with Gasteiger partial charge in [-0.2, -0.15) is 0 Å². The maximum absolute atomic E-state index is 10.4. The van der Waals surface area contributed by atoms with Crippen molar-refractivity contribution in [2.75, 3.05) is 38.1 Å². The Hall–Kier alpha value is -1.35. The molecule has 0 aliphatic carbocycles. The van der Waals surface area contributed by atoms with Crippen LogP contribution in [0, 0.1) is 0 Å². The fraction of sp³-hybridized carbons (Fsp3) is 0.500. The van der Waals surface area contributed by atoms with E-state index in [1.807, 2.05) is 0 Å². The van der Waals surface area contributed by atoms with E-state index in [2.05, 4.69) is 41.1 Å². The number of anilines is 1. The molecule has 1 aliphatic rings. The molecule has 2 rings (SSSR count). The number of aldehydes is 1. The predicted octanol–water partition coefficient (Wildman–Crippen LogP) is 1.57. The van der Waals surface area contributed by atoms with Crippen molar-refractivity contribution in [3.63, 3.8) is 0 Å². The lowest BCUT2D eigenvalue weighted by molar-refractivity contribution is -0.107. The molecule has 0 spiro atoms. The van der Waals surface area contributed by atoms with E-state index in [0.717, 1.165) is 38.9 Å². The number of piperazine rings is 1. The van der Waals surface area contributed by atoms with Crippen LogP contribution in [0.3, 0.4) is 0 Å². The molecule has 1 saturated heterocycles. The molecule has 3 heteroatoms. The van der Waals surface area contributed by atoms with Gasteiger partial charge in [0.1, 0.15) is 6.29 Å². The maximum Gasteiger partial charge on any atom is 0.120 e. The van der Waals surface area contributed by atoms with E-state index in [1.54, 1.807) is 0 Å². The summed E-state index contributed by atoms with van der Waals surface area (Å²) >= 11 is 0. The highest BCUT2D eigenvalue weighted by molar-refractivity contribution is 5.52. The van der Waals surface area contributed by atoms with Crippen molar-refractivity contribution in [3.8, 4) is 0 Å². The summed E-state index contributed by atoms with van der Waals surface area (Å²) in [6, 6.07) is 8.57. The molecule has 1 fully saturated rings. The second-order valence-electron chi connectivity index (χ2n) is 4.67. The first kappa shape index (κ1) is 12.1. The van der Waals surface area contributed by atoms with Crippen LogP contribution in [-0.4, -0.2) is 44.4 Å². The molecule has 1 aliphatic heterocycles. The van der Waals surface area contributed by atoms with Crippen LogP contribution in [0.4, 0.5) is 5.69 Å². The Morgan fingerprint density at radius 3 is 2.71 bits per heavy atom. The van der Waals surface area contributed by atoms with Gasteiger partial charge in [0.15, 0.2) is 0 Å². The van der Waals surface area contributed by atoms with E-state index < -0.39 is 0 Å². The van der Waals surface area contributed by atoms with E-state index in [9.17, 15) is 4.79 Å². The van der Waals surface area contributed by atoms with E-state index in [0.29, 0.717) is 6.42 Å². The highest BCUT2D eigenvalue weighted by Gasteiger charge is 2.14. The summed E-state index contributed by atoms with van der Waals surface area (Å²) in [5.74, 6) is 0. The highest BCUT2D eigenvalue weighted by Crippen LogP contribution is 2.18. The molecule has 0 atom stereocenters. The zero-order valence-corrected chi connectivity index (χ0v) is 10.4. The third kappa shape index (κ3) is 3.30. The fourth-order valence-corrected chi connectivity index (χ4v) is 2.20. The number of hydrogen-bond donors (Lipinski definition) is 0. The number of rotatable bonds is 4. The SMILES string of the molecule is CN1CCN(c2cccc(CCC=O)c2)CC1. The molecule has 0 unspecified atom stereocenters. The first-order chi connectivity index (χ1) is 8.29. The lowest BCUT2D eigenvalue weighted by Crippen LogP contribution is -2.44. The van der Waals surface area contributed by atoms with Gasteiger partial charge in [-0.05, 0) is 31.2 Å². The molecule has 3 nitrogen and oxygen atoms in total. The third-order valence-corrected chi connectivity index (χ3v) is 3.33. The monoisotopic (exact) mass is 232 g/mol. The standard InChI is InChI=1S/C14H20N2O/c1-15-7-9-16(10-8-15)14-6-2-4-13(12-14)5-3-11-17/h2,4,6,11-12H,3,5,7-10H2,1H3. The van der Waals surface area contributed by atoms with E-state index in [-0.39, 0.29) is 0 Å². The Morgan fingerprint density at radius 1 is 1.24 bits per heavy atom. The first-order valence-electron chi connectivity index (χ1n) is 6.25. The number of aryl methyl sites for hydroxylation is 1. The average molecular weight is 232 g/mol. The van der Waals surface area contributed by atoms with Crippen LogP contribution in [-0.2, 0) is 11.2 Å². The molecule has 0 radical (unpaired) electrons. The summed E-state index contributed by atoms with van der Waals surface area (Å²) in [4.78, 5) is 15.2. The Balaban J connectivity index is 2.02. The van der Waals surface area contributed by atoms with E-state index in [4.69, 9.17) is 0 Å². The van der Waals surface area contributed by atoms with Gasteiger partial charge >= 0.3 is 0 Å². The van der Waals surface area contributed by atoms with Crippen molar-refractivity contribution in [2.24, 2.45) is 0 Å². The lowest BCUT2D eigenvalue weighted by atomic mass is 10.1. The van der Waals surface area contributed by atoms with Crippen LogP contribution in [0.1, 0.15) is 12.0 Å². The predicted molar refractivity (Wildman–Crippen MR) is 70.5 cm³/mol. The van der Waals surface area contributed by atoms with Crippen LogP contribution < -0.4 is 4.90 Å². The van der Waals surface area contributed by atoms with Crippen LogP contribution in [0.15, 0.2) is 24.3 Å². The number of nitrogens with zero attached hydrogens (tertiary/aromatic N) is 2. The van der Waals surface area contributed by atoms with Gasteiger partial charge in [0.2, 0.25) is 0 Å². The summed E-state index contributed by atoms with van der Waals surface area (Å²) < 4.78 is 0. The van der Waals surface area contributed by atoms with Gasteiger partial charge in [0, 0.05) is 38.3 Å². The minimum Gasteiger partial charge on any atom is -0.369 e. The fourth-order valence-electron chi connectivity index (χ4n) is 2.20. The summed E-state index contributed by atoms with van der Waals surface area (Å²) in [5, 5.41) is 0. The van der Waals surface area contributed by atoms with Gasteiger partial charge in [-0.15, -0.1) is 0 Å². The van der Waals surface area contributed by atoms with Crippen molar-refractivity contribution in [1.82, 2.24) is 4.90 Å². The molecule has 0 saturated carbocycles. The van der Waals surface area contributed by atoms with Gasteiger partial charge in [0.05, 0.1) is 0 Å². The van der Waals surface area contributed by atoms with E-state index in [1.165, 1.54) is 11.3 Å². The van der Waals surface area contributed by atoms with Crippen LogP contribution in [0.25, 0.3) is 0 Å². The molecular weight excluding hydrogens is 212 g/mol. The largest absolute Gasteiger partial charge is 0.369 e. The lowest BCUT2D eigenvalue weighted by Gasteiger charge is -2.34. The van der Waals surface area contributed by atoms with Crippen molar-refractivity contribution in [1.29, 1.82) is 0 Å². The Labute approximate surface area is 103 Å². The third-order valence-electron chi connectivity index (χ3n) is 3.33. The van der Waals surface area contributed by atoms with Crippen molar-refractivity contribution in [2.45, 2.75) is 12.8 Å². The smallest absolute Gasteiger partial charge is 0.120 e. The van der Waals surface area contributed by atoms with Gasteiger partial charge in [-0.1, -0.05) is 12.1 Å². The number of carbonyl (C=O) groups is 1. The summed E-state index contributed by atoms with van der Waals surface area (Å²) in [7, 11) is 2.16. The Morgan fingerprint density at radius 2 is 2.00 bits per heavy atom. The molecule has 0 amide bonds. The minimum absolute atomic E-state index is 0.617. The molecule has 92 valence electrons. The second kappa shape index (κ2) is 5.82. The second-order valence-corrected chi connectivity index (χ2v) is 4.67. The van der Waals surface area contributed by atoms with Crippen molar-refractivity contribution >= 4 is 12.0 Å². The average Bonchev–Trinajstić information content (AvgIpc) is 2.37. The normalized spacial score (nSPS) is 17.1. The number of carbonyl (C=O) groups excluding carboxylic acids is 1. The number of benzene rings is 1. The molecular formula is C14H20N2O. The molecule has 1 heterocycles. The Bertz CT molecular complexity index is 370. The topological polar surface area (TPSA) is 23.6 Å². The van der Waals surface area contributed by atoms with Crippen LogP contribution in [0.2, 0.25) is 0 Å². The molecule has 17 heavy (non-hydrogen) atoms. The summed E-state index contributed by atoms with van der Waals surface area (Å²) in [6.07, 6.45) is 2.46. The zero-order chi connectivity index (χ0) is 12.1. The van der Waals surface area contributed by atoms with Gasteiger partial charge in [-0.3, -0.25) is 0 Å².